The van der Waals surface area contributed by atoms with Crippen LogP contribution in [0, 0.1) is 3.57 Å². The van der Waals surface area contributed by atoms with Gasteiger partial charge in [-0.05, 0) is 72.0 Å². The minimum Gasteiger partial charge on any atom is -0.507 e. The number of aromatic hydroxyl groups is 1. The average Bonchev–Trinajstić information content (AvgIpc) is 2.43. The van der Waals surface area contributed by atoms with Crippen molar-refractivity contribution in [2.75, 3.05) is 6.61 Å². The first kappa shape index (κ1) is 15.2. The number of esters is 1. The Kier molecular flexibility index (Phi) is 5.31. The molecule has 0 heterocycles. The molecule has 0 saturated carbocycles. The van der Waals surface area contributed by atoms with Crippen LogP contribution < -0.4 is 0 Å². The fourth-order valence-electron chi connectivity index (χ4n) is 1.57. The molecule has 0 unspecified atom stereocenters. The Hall–Kier alpha value is -1.21. The van der Waals surface area contributed by atoms with Crippen LogP contribution in [0.5, 0.6) is 5.75 Å². The summed E-state index contributed by atoms with van der Waals surface area (Å²) in [6.07, 6.45) is 0. The summed E-state index contributed by atoms with van der Waals surface area (Å²) in [7, 11) is 0. The molecule has 0 bridgehead atoms. The molecule has 20 heavy (non-hydrogen) atoms. The Labute approximate surface area is 135 Å². The van der Waals surface area contributed by atoms with Crippen molar-refractivity contribution in [2.24, 2.45) is 0 Å². The maximum absolute atomic E-state index is 11.6. The minimum atomic E-state index is -0.423. The third-order valence-corrected chi connectivity index (χ3v) is 4.30. The van der Waals surface area contributed by atoms with E-state index in [4.69, 9.17) is 4.74 Å². The number of benzene rings is 2. The van der Waals surface area contributed by atoms with Crippen molar-refractivity contribution < 1.29 is 14.6 Å². The first-order valence-electron chi connectivity index (χ1n) is 6.03. The second-order valence-electron chi connectivity index (χ2n) is 3.96. The number of hydrogen-bond donors (Lipinski definition) is 1. The zero-order valence-electron chi connectivity index (χ0n) is 10.8. The van der Waals surface area contributed by atoms with E-state index >= 15 is 0 Å². The Morgan fingerprint density at radius 1 is 1.25 bits per heavy atom. The summed E-state index contributed by atoms with van der Waals surface area (Å²) in [6.45, 7) is 2.07. The highest BCUT2D eigenvalue weighted by Gasteiger charge is 2.10. The highest BCUT2D eigenvalue weighted by atomic mass is 127. The van der Waals surface area contributed by atoms with Gasteiger partial charge in [0, 0.05) is 8.47 Å². The van der Waals surface area contributed by atoms with Crippen LogP contribution in [0.2, 0.25) is 0 Å². The number of ether oxygens (including phenoxy) is 1. The van der Waals surface area contributed by atoms with Crippen molar-refractivity contribution in [3.05, 3.63) is 51.6 Å². The zero-order valence-corrected chi connectivity index (χ0v) is 13.8. The lowest BCUT2D eigenvalue weighted by molar-refractivity contribution is 0.0526. The van der Waals surface area contributed by atoms with Crippen LogP contribution in [0.15, 0.2) is 52.3 Å². The zero-order chi connectivity index (χ0) is 14.5. The van der Waals surface area contributed by atoms with Gasteiger partial charge in [0.2, 0.25) is 0 Å². The molecule has 0 radical (unpaired) electrons. The Morgan fingerprint density at radius 2 is 1.95 bits per heavy atom. The monoisotopic (exact) mass is 400 g/mol. The molecule has 5 heteroatoms. The molecule has 0 spiro atoms. The number of rotatable bonds is 4. The average molecular weight is 400 g/mol. The molecule has 1 N–H and O–H groups in total. The number of halogens is 1. The van der Waals surface area contributed by atoms with Gasteiger partial charge >= 0.3 is 5.97 Å². The lowest BCUT2D eigenvalue weighted by Gasteiger charge is -2.07. The molecular formula is C15H13IO3S. The van der Waals surface area contributed by atoms with Crippen molar-refractivity contribution in [1.29, 1.82) is 0 Å². The molecule has 0 aliphatic heterocycles. The molecule has 0 aliphatic carbocycles. The van der Waals surface area contributed by atoms with Crippen molar-refractivity contribution in [2.45, 2.75) is 16.7 Å². The Morgan fingerprint density at radius 3 is 2.55 bits per heavy atom. The van der Waals surface area contributed by atoms with E-state index in [2.05, 4.69) is 22.6 Å². The normalized spacial score (nSPS) is 10.3. The van der Waals surface area contributed by atoms with Crippen LogP contribution in [-0.4, -0.2) is 17.7 Å². The van der Waals surface area contributed by atoms with E-state index in [0.717, 1.165) is 8.47 Å². The Bertz CT molecular complexity index is 611. The van der Waals surface area contributed by atoms with E-state index in [1.54, 1.807) is 19.1 Å². The number of hydrogen-bond acceptors (Lipinski definition) is 4. The lowest BCUT2D eigenvalue weighted by atomic mass is 10.2. The van der Waals surface area contributed by atoms with Crippen molar-refractivity contribution in [3.63, 3.8) is 0 Å². The van der Waals surface area contributed by atoms with Gasteiger partial charge in [-0.15, -0.1) is 0 Å². The number of carbonyl (C=O) groups excluding carboxylic acids is 1. The third kappa shape index (κ3) is 3.89. The summed E-state index contributed by atoms with van der Waals surface area (Å²) >= 11 is 3.69. The first-order chi connectivity index (χ1) is 9.60. The number of phenols is 1. The van der Waals surface area contributed by atoms with Crippen molar-refractivity contribution in [1.82, 2.24) is 0 Å². The van der Waals surface area contributed by atoms with Crippen LogP contribution in [0.25, 0.3) is 0 Å². The van der Waals surface area contributed by atoms with Gasteiger partial charge in [-0.1, -0.05) is 11.8 Å². The minimum absolute atomic E-state index is 0.0825. The quantitative estimate of drug-likeness (QED) is 0.613. The molecule has 0 saturated heterocycles. The van der Waals surface area contributed by atoms with Gasteiger partial charge in [0.05, 0.1) is 17.1 Å². The molecule has 0 aliphatic rings. The molecule has 0 aromatic heterocycles. The molecule has 0 atom stereocenters. The smallest absolute Gasteiger partial charge is 0.338 e. The summed E-state index contributed by atoms with van der Waals surface area (Å²) in [6, 6.07) is 12.8. The van der Waals surface area contributed by atoms with E-state index in [9.17, 15) is 9.90 Å². The van der Waals surface area contributed by atoms with Crippen LogP contribution in [-0.2, 0) is 4.74 Å². The van der Waals surface area contributed by atoms with E-state index in [1.807, 2.05) is 24.3 Å². The second-order valence-corrected chi connectivity index (χ2v) is 6.32. The first-order valence-corrected chi connectivity index (χ1v) is 7.93. The van der Waals surface area contributed by atoms with Crippen molar-refractivity contribution >= 4 is 40.3 Å². The standard InChI is InChI=1S/C15H13IO3S/c1-2-19-15(18)10-3-8-14(13(17)9-10)20-12-6-4-11(16)5-7-12/h3-9,17H,2H2,1H3. The van der Waals surface area contributed by atoms with E-state index in [0.29, 0.717) is 17.1 Å². The van der Waals surface area contributed by atoms with E-state index in [1.165, 1.54) is 17.8 Å². The van der Waals surface area contributed by atoms with Crippen molar-refractivity contribution in [3.8, 4) is 5.75 Å². The van der Waals surface area contributed by atoms with Crippen LogP contribution >= 0.6 is 34.4 Å². The molecule has 2 rings (SSSR count). The molecule has 2 aromatic rings. The summed E-state index contributed by atoms with van der Waals surface area (Å²) < 4.78 is 6.06. The summed E-state index contributed by atoms with van der Waals surface area (Å²) in [5, 5.41) is 9.99. The van der Waals surface area contributed by atoms with Crippen LogP contribution in [0.3, 0.4) is 0 Å². The fraction of sp³-hybridized carbons (Fsp3) is 0.133. The lowest BCUT2D eigenvalue weighted by Crippen LogP contribution is -2.04. The molecule has 3 nitrogen and oxygen atoms in total. The van der Waals surface area contributed by atoms with Crippen LogP contribution in [0.1, 0.15) is 17.3 Å². The van der Waals surface area contributed by atoms with Gasteiger partial charge in [-0.2, -0.15) is 0 Å². The summed E-state index contributed by atoms with van der Waals surface area (Å²) in [5.74, 6) is -0.340. The topological polar surface area (TPSA) is 46.5 Å². The molecule has 2 aromatic carbocycles. The molecule has 104 valence electrons. The summed E-state index contributed by atoms with van der Waals surface area (Å²) in [5.41, 5.74) is 0.358. The summed E-state index contributed by atoms with van der Waals surface area (Å²) in [4.78, 5) is 13.3. The fourth-order valence-corrected chi connectivity index (χ4v) is 2.76. The van der Waals surface area contributed by atoms with Gasteiger partial charge in [-0.3, -0.25) is 0 Å². The highest BCUT2D eigenvalue weighted by molar-refractivity contribution is 14.1. The largest absolute Gasteiger partial charge is 0.507 e. The SMILES string of the molecule is CCOC(=O)c1ccc(Sc2ccc(I)cc2)c(O)c1. The third-order valence-electron chi connectivity index (χ3n) is 2.51. The van der Waals surface area contributed by atoms with Gasteiger partial charge in [0.15, 0.2) is 0 Å². The molecule has 0 amide bonds. The Balaban J connectivity index is 2.17. The molecular weight excluding hydrogens is 387 g/mol. The van der Waals surface area contributed by atoms with Crippen LogP contribution in [0.4, 0.5) is 0 Å². The van der Waals surface area contributed by atoms with Gasteiger partial charge in [0.25, 0.3) is 0 Å². The van der Waals surface area contributed by atoms with Gasteiger partial charge in [0.1, 0.15) is 5.75 Å². The number of carbonyl (C=O) groups is 1. The van der Waals surface area contributed by atoms with E-state index in [-0.39, 0.29) is 5.75 Å². The number of phenolic OH excluding ortho intramolecular Hbond substituents is 1. The highest BCUT2D eigenvalue weighted by Crippen LogP contribution is 2.35. The molecule has 0 fully saturated rings. The predicted octanol–water partition coefficient (Wildman–Crippen LogP) is 4.32. The maximum atomic E-state index is 11.6. The second kappa shape index (κ2) is 6.99. The van der Waals surface area contributed by atoms with E-state index < -0.39 is 5.97 Å². The predicted molar refractivity (Wildman–Crippen MR) is 87.3 cm³/mol. The van der Waals surface area contributed by atoms with Gasteiger partial charge in [-0.25, -0.2) is 4.79 Å². The van der Waals surface area contributed by atoms with Gasteiger partial charge < -0.3 is 9.84 Å². The maximum Gasteiger partial charge on any atom is 0.338 e.